The molecule has 0 aliphatic carbocycles. The third-order valence-corrected chi connectivity index (χ3v) is 9.15. The number of hydrogen-bond acceptors (Lipinski definition) is 14. The number of benzene rings is 5. The van der Waals surface area contributed by atoms with E-state index in [9.17, 15) is 28.8 Å². The average molecular weight is 832 g/mol. The number of alkyl carbamates (subject to hydrolysis) is 1. The number of ether oxygens (including phenoxy) is 8. The summed E-state index contributed by atoms with van der Waals surface area (Å²) in [6.45, 7) is -1.41. The van der Waals surface area contributed by atoms with Crippen LogP contribution in [0.4, 0.5) is 4.79 Å². The number of amides is 1. The third-order valence-electron chi connectivity index (χ3n) is 9.15. The minimum absolute atomic E-state index is 0.0846. The number of methoxy groups -OCH3 is 1. The van der Waals surface area contributed by atoms with Crippen LogP contribution in [-0.4, -0.2) is 93.0 Å². The highest BCUT2D eigenvalue weighted by atomic mass is 16.7. The predicted octanol–water partition coefficient (Wildman–Crippen LogP) is 5.73. The second kappa shape index (κ2) is 21.6. The quantitative estimate of drug-likeness (QED) is 0.0938. The number of carbonyl (C=O) groups is 6. The van der Waals surface area contributed by atoms with E-state index in [0.29, 0.717) is 5.56 Å². The van der Waals surface area contributed by atoms with Crippen LogP contribution in [0.25, 0.3) is 0 Å². The van der Waals surface area contributed by atoms with Gasteiger partial charge in [-0.1, -0.05) is 103 Å². The van der Waals surface area contributed by atoms with Gasteiger partial charge in [-0.05, 0) is 54.1 Å². The lowest BCUT2D eigenvalue weighted by Crippen LogP contribution is -2.63. The van der Waals surface area contributed by atoms with E-state index in [4.69, 9.17) is 37.9 Å². The maximum atomic E-state index is 13.9. The Balaban J connectivity index is 1.36. The van der Waals surface area contributed by atoms with E-state index in [1.54, 1.807) is 103 Å². The van der Waals surface area contributed by atoms with E-state index in [1.165, 1.54) is 48.5 Å². The van der Waals surface area contributed by atoms with E-state index < -0.39 is 85.9 Å². The zero-order valence-corrected chi connectivity index (χ0v) is 32.7. The summed E-state index contributed by atoms with van der Waals surface area (Å²) in [4.78, 5) is 80.5. The smallest absolute Gasteiger partial charge is 0.408 e. The van der Waals surface area contributed by atoms with Gasteiger partial charge in [-0.3, -0.25) is 0 Å². The maximum Gasteiger partial charge on any atom is 0.408 e. The Hall–Kier alpha value is -7.36. The van der Waals surface area contributed by atoms with Crippen molar-refractivity contribution in [3.8, 4) is 0 Å². The molecule has 61 heavy (non-hydrogen) atoms. The monoisotopic (exact) mass is 831 g/mol. The van der Waals surface area contributed by atoms with Gasteiger partial charge in [0, 0.05) is 0 Å². The molecule has 15 heteroatoms. The topological polar surface area (TPSA) is 188 Å². The molecule has 1 heterocycles. The summed E-state index contributed by atoms with van der Waals surface area (Å²) in [5.41, 5.74) is 1.15. The van der Waals surface area contributed by atoms with Crippen LogP contribution in [0.3, 0.4) is 0 Å². The van der Waals surface area contributed by atoms with Gasteiger partial charge in [0.15, 0.2) is 30.6 Å². The van der Waals surface area contributed by atoms with Crippen LogP contribution in [0.1, 0.15) is 47.0 Å². The fourth-order valence-electron chi connectivity index (χ4n) is 6.07. The van der Waals surface area contributed by atoms with Crippen molar-refractivity contribution in [2.45, 2.75) is 43.4 Å². The number of hydrogen-bond donors (Lipinski definition) is 1. The van der Waals surface area contributed by atoms with Gasteiger partial charge in [-0.25, -0.2) is 28.8 Å². The largest absolute Gasteiger partial charge is 0.467 e. The SMILES string of the molecule is COC(=O)[C@H](CO[C@@H]1O[C@H](COC(=O)c2ccccc2)[C@@H](OC(=O)c2ccccc2)[C@H](OC(=O)c2ccccc2)[C@H]1OC(=O)c1ccccc1)NC(=O)OCc1ccccc1. The van der Waals surface area contributed by atoms with Gasteiger partial charge in [-0.15, -0.1) is 0 Å². The highest BCUT2D eigenvalue weighted by Crippen LogP contribution is 2.32. The molecular weight excluding hydrogens is 790 g/mol. The lowest BCUT2D eigenvalue weighted by atomic mass is 9.97. The summed E-state index contributed by atoms with van der Waals surface area (Å²) in [5, 5.41) is 2.40. The fourth-order valence-corrected chi connectivity index (χ4v) is 6.07. The summed E-state index contributed by atoms with van der Waals surface area (Å²) in [7, 11) is 1.09. The van der Waals surface area contributed by atoms with Crippen LogP contribution in [-0.2, 0) is 49.3 Å². The summed E-state index contributed by atoms with van der Waals surface area (Å²) < 4.78 is 46.4. The molecule has 1 amide bonds. The van der Waals surface area contributed by atoms with Crippen LogP contribution in [0, 0.1) is 0 Å². The number of rotatable bonds is 16. The molecule has 6 rings (SSSR count). The van der Waals surface area contributed by atoms with Crippen molar-refractivity contribution in [2.75, 3.05) is 20.3 Å². The first-order valence-electron chi connectivity index (χ1n) is 19.0. The molecule has 0 saturated carbocycles. The molecule has 314 valence electrons. The summed E-state index contributed by atoms with van der Waals surface area (Å²) in [6.07, 6.45) is -9.29. The molecule has 0 spiro atoms. The fraction of sp³-hybridized carbons (Fsp3) is 0.217. The molecule has 1 aliphatic heterocycles. The lowest BCUT2D eigenvalue weighted by molar-refractivity contribution is -0.299. The van der Waals surface area contributed by atoms with Gasteiger partial charge in [-0.2, -0.15) is 0 Å². The molecule has 1 fully saturated rings. The Kier molecular flexibility index (Phi) is 15.3. The molecule has 0 bridgehead atoms. The van der Waals surface area contributed by atoms with Crippen molar-refractivity contribution in [2.24, 2.45) is 0 Å². The highest BCUT2D eigenvalue weighted by molar-refractivity contribution is 5.91. The number of esters is 5. The normalized spacial score (nSPS) is 18.6. The first-order chi connectivity index (χ1) is 29.7. The molecule has 0 aromatic heterocycles. The van der Waals surface area contributed by atoms with E-state index in [-0.39, 0.29) is 28.9 Å². The Morgan fingerprint density at radius 3 is 1.44 bits per heavy atom. The van der Waals surface area contributed by atoms with Crippen LogP contribution in [0.5, 0.6) is 0 Å². The number of carbonyl (C=O) groups excluding carboxylic acids is 6. The summed E-state index contributed by atoms with van der Waals surface area (Å²) in [6, 6.07) is 38.9. The van der Waals surface area contributed by atoms with Crippen LogP contribution >= 0.6 is 0 Å². The van der Waals surface area contributed by atoms with Crippen LogP contribution in [0.15, 0.2) is 152 Å². The van der Waals surface area contributed by atoms with E-state index in [1.807, 2.05) is 0 Å². The summed E-state index contributed by atoms with van der Waals surface area (Å²) >= 11 is 0. The standard InChI is InChI=1S/C46H41NO14/c1-54-44(52)35(47-46(53)57-27-30-17-7-2-8-18-30)28-56-45-39(61-43(51)34-25-15-6-16-26-34)38(60-42(50)33-23-13-5-14-24-33)37(59-41(49)32-21-11-4-12-22-32)36(58-45)29-55-40(48)31-19-9-3-10-20-31/h2-26,35-39,45H,27-29H2,1H3,(H,47,53)/t35-,36+,37+,38-,39+,45+/m0/s1. The van der Waals surface area contributed by atoms with Crippen molar-refractivity contribution in [3.63, 3.8) is 0 Å². The molecule has 1 saturated heterocycles. The lowest BCUT2D eigenvalue weighted by Gasteiger charge is -2.44. The number of nitrogens with one attached hydrogen (secondary N) is 1. The molecule has 1 N–H and O–H groups in total. The van der Waals surface area contributed by atoms with Crippen molar-refractivity contribution in [1.29, 1.82) is 0 Å². The molecule has 6 atom stereocenters. The Labute approximate surface area is 350 Å². The van der Waals surface area contributed by atoms with Crippen molar-refractivity contribution < 1.29 is 66.7 Å². The van der Waals surface area contributed by atoms with Gasteiger partial charge < -0.3 is 43.2 Å². The van der Waals surface area contributed by atoms with Crippen molar-refractivity contribution >= 4 is 35.9 Å². The second-order valence-corrected chi connectivity index (χ2v) is 13.3. The van der Waals surface area contributed by atoms with Crippen molar-refractivity contribution in [3.05, 3.63) is 179 Å². The first-order valence-corrected chi connectivity index (χ1v) is 19.0. The van der Waals surface area contributed by atoms with Gasteiger partial charge in [0.25, 0.3) is 0 Å². The molecule has 15 nitrogen and oxygen atoms in total. The average Bonchev–Trinajstić information content (AvgIpc) is 3.31. The molecule has 1 aliphatic rings. The minimum atomic E-state index is -1.75. The molecule has 5 aromatic carbocycles. The van der Waals surface area contributed by atoms with Crippen LogP contribution in [0.2, 0.25) is 0 Å². The van der Waals surface area contributed by atoms with E-state index >= 15 is 0 Å². The van der Waals surface area contributed by atoms with Crippen molar-refractivity contribution in [1.82, 2.24) is 5.32 Å². The second-order valence-electron chi connectivity index (χ2n) is 13.3. The maximum absolute atomic E-state index is 13.9. The van der Waals surface area contributed by atoms with Gasteiger partial charge in [0.1, 0.15) is 19.3 Å². The zero-order chi connectivity index (χ0) is 43.0. The molecule has 0 unspecified atom stereocenters. The van der Waals surface area contributed by atoms with Gasteiger partial charge in [0.2, 0.25) is 0 Å². The molecule has 0 radical (unpaired) electrons. The van der Waals surface area contributed by atoms with Gasteiger partial charge in [0.05, 0.1) is 36.0 Å². The van der Waals surface area contributed by atoms with Gasteiger partial charge >= 0.3 is 35.9 Å². The highest BCUT2D eigenvalue weighted by Gasteiger charge is 2.54. The Bertz CT molecular complexity index is 2230. The summed E-state index contributed by atoms with van der Waals surface area (Å²) in [5.74, 6) is -4.43. The molecular formula is C46H41NO14. The third kappa shape index (κ3) is 12.1. The first kappa shape index (κ1) is 43.2. The van der Waals surface area contributed by atoms with Crippen LogP contribution < -0.4 is 5.32 Å². The Morgan fingerprint density at radius 2 is 0.967 bits per heavy atom. The zero-order valence-electron chi connectivity index (χ0n) is 32.7. The van der Waals surface area contributed by atoms with E-state index in [0.717, 1.165) is 7.11 Å². The Morgan fingerprint density at radius 1 is 0.541 bits per heavy atom. The minimum Gasteiger partial charge on any atom is -0.467 e. The predicted molar refractivity (Wildman–Crippen MR) is 214 cm³/mol. The van der Waals surface area contributed by atoms with E-state index in [2.05, 4.69) is 5.32 Å². The molecule has 5 aromatic rings.